The molecule has 1 amide bonds. The predicted molar refractivity (Wildman–Crippen MR) is 111 cm³/mol. The van der Waals surface area contributed by atoms with Gasteiger partial charge >= 0.3 is 0 Å². The number of carbonyl (C=O) groups excluding carboxylic acids is 1. The van der Waals surface area contributed by atoms with Crippen LogP contribution in [0.1, 0.15) is 37.8 Å². The standard InChI is InChI=1S/C20H23ClN4O2S/c1-3-10-25(13-19-23-24-20(27-19)17-5-4-11-28-17)12-18(26)22-14(2)15-6-8-16(21)9-7-15/h4-9,11,14H,3,10,12-13H2,1-2H3,(H,22,26)/t14-/m1/s1. The van der Waals surface area contributed by atoms with Crippen molar-refractivity contribution in [2.24, 2.45) is 0 Å². The lowest BCUT2D eigenvalue weighted by atomic mass is 10.1. The molecular formula is C20H23ClN4O2S. The highest BCUT2D eigenvalue weighted by Gasteiger charge is 2.17. The Morgan fingerprint density at radius 1 is 1.29 bits per heavy atom. The van der Waals surface area contributed by atoms with Crippen LogP contribution in [-0.4, -0.2) is 34.1 Å². The van der Waals surface area contributed by atoms with Crippen LogP contribution in [0, 0.1) is 0 Å². The molecule has 0 bridgehead atoms. The highest BCUT2D eigenvalue weighted by molar-refractivity contribution is 7.13. The van der Waals surface area contributed by atoms with Crippen LogP contribution in [0.4, 0.5) is 0 Å². The number of amides is 1. The van der Waals surface area contributed by atoms with E-state index in [4.69, 9.17) is 16.0 Å². The van der Waals surface area contributed by atoms with Gasteiger partial charge in [-0.15, -0.1) is 21.5 Å². The Labute approximate surface area is 173 Å². The number of nitrogens with one attached hydrogen (secondary N) is 1. The Morgan fingerprint density at radius 3 is 2.75 bits per heavy atom. The van der Waals surface area contributed by atoms with Crippen molar-refractivity contribution < 1.29 is 9.21 Å². The first-order valence-corrected chi connectivity index (χ1v) is 10.4. The molecule has 0 aliphatic rings. The number of hydrogen-bond donors (Lipinski definition) is 1. The average molecular weight is 419 g/mol. The van der Waals surface area contributed by atoms with Gasteiger partial charge in [-0.05, 0) is 49.0 Å². The summed E-state index contributed by atoms with van der Waals surface area (Å²) >= 11 is 7.48. The van der Waals surface area contributed by atoms with Crippen molar-refractivity contribution in [1.29, 1.82) is 0 Å². The van der Waals surface area contributed by atoms with Gasteiger partial charge in [0.25, 0.3) is 5.89 Å². The molecule has 8 heteroatoms. The predicted octanol–water partition coefficient (Wildman–Crippen LogP) is 4.54. The van der Waals surface area contributed by atoms with Crippen LogP contribution in [0.2, 0.25) is 5.02 Å². The minimum absolute atomic E-state index is 0.0473. The smallest absolute Gasteiger partial charge is 0.257 e. The number of rotatable bonds is 9. The Kier molecular flexibility index (Phi) is 7.19. The van der Waals surface area contributed by atoms with E-state index in [0.29, 0.717) is 23.3 Å². The summed E-state index contributed by atoms with van der Waals surface area (Å²) in [5.74, 6) is 0.978. The van der Waals surface area contributed by atoms with Gasteiger partial charge in [0.1, 0.15) is 0 Å². The normalized spacial score (nSPS) is 12.3. The molecule has 148 valence electrons. The monoisotopic (exact) mass is 418 g/mol. The highest BCUT2D eigenvalue weighted by atomic mass is 35.5. The molecular weight excluding hydrogens is 396 g/mol. The topological polar surface area (TPSA) is 71.3 Å². The lowest BCUT2D eigenvalue weighted by Crippen LogP contribution is -2.38. The second kappa shape index (κ2) is 9.82. The summed E-state index contributed by atoms with van der Waals surface area (Å²) in [6, 6.07) is 11.3. The average Bonchev–Trinajstić information content (AvgIpc) is 3.33. The van der Waals surface area contributed by atoms with Crippen LogP contribution in [-0.2, 0) is 11.3 Å². The molecule has 1 N–H and O–H groups in total. The number of aromatic nitrogens is 2. The van der Waals surface area contributed by atoms with Gasteiger partial charge in [-0.2, -0.15) is 0 Å². The van der Waals surface area contributed by atoms with Crippen molar-refractivity contribution >= 4 is 28.8 Å². The molecule has 0 fully saturated rings. The van der Waals surface area contributed by atoms with E-state index in [2.05, 4.69) is 22.4 Å². The van der Waals surface area contributed by atoms with Crippen molar-refractivity contribution in [2.75, 3.05) is 13.1 Å². The zero-order chi connectivity index (χ0) is 19.9. The Morgan fingerprint density at radius 2 is 2.07 bits per heavy atom. The third-order valence-electron chi connectivity index (χ3n) is 4.21. The highest BCUT2D eigenvalue weighted by Crippen LogP contribution is 2.23. The number of nitrogens with zero attached hydrogens (tertiary/aromatic N) is 3. The summed E-state index contributed by atoms with van der Waals surface area (Å²) < 4.78 is 5.75. The van der Waals surface area contributed by atoms with E-state index in [-0.39, 0.29) is 18.5 Å². The van der Waals surface area contributed by atoms with Crippen molar-refractivity contribution in [3.63, 3.8) is 0 Å². The number of carbonyl (C=O) groups is 1. The molecule has 0 saturated carbocycles. The number of hydrogen-bond acceptors (Lipinski definition) is 6. The molecule has 0 aliphatic carbocycles. The first kappa shape index (κ1) is 20.5. The Hall–Kier alpha value is -2.22. The molecule has 28 heavy (non-hydrogen) atoms. The summed E-state index contributed by atoms with van der Waals surface area (Å²) in [7, 11) is 0. The molecule has 2 heterocycles. The quantitative estimate of drug-likeness (QED) is 0.552. The van der Waals surface area contributed by atoms with E-state index in [0.717, 1.165) is 23.4 Å². The van der Waals surface area contributed by atoms with E-state index in [1.54, 1.807) is 11.3 Å². The van der Waals surface area contributed by atoms with Crippen molar-refractivity contribution in [2.45, 2.75) is 32.9 Å². The maximum absolute atomic E-state index is 12.5. The van der Waals surface area contributed by atoms with Crippen LogP contribution < -0.4 is 5.32 Å². The fourth-order valence-corrected chi connectivity index (χ4v) is 3.63. The molecule has 3 rings (SSSR count). The fraction of sp³-hybridized carbons (Fsp3) is 0.350. The molecule has 1 atom stereocenters. The summed E-state index contributed by atoms with van der Waals surface area (Å²) in [5.41, 5.74) is 1.01. The second-order valence-electron chi connectivity index (χ2n) is 6.53. The SMILES string of the molecule is CCCN(CC(=O)N[C@H](C)c1ccc(Cl)cc1)Cc1nnc(-c2cccs2)o1. The molecule has 6 nitrogen and oxygen atoms in total. The van der Waals surface area contributed by atoms with Gasteiger partial charge in [0, 0.05) is 5.02 Å². The molecule has 0 saturated heterocycles. The second-order valence-corrected chi connectivity index (χ2v) is 7.91. The Balaban J connectivity index is 1.57. The van der Waals surface area contributed by atoms with Crippen molar-refractivity contribution in [1.82, 2.24) is 20.4 Å². The van der Waals surface area contributed by atoms with Crippen molar-refractivity contribution in [3.8, 4) is 10.8 Å². The van der Waals surface area contributed by atoms with Crippen LogP contribution in [0.15, 0.2) is 46.2 Å². The van der Waals surface area contributed by atoms with Crippen LogP contribution >= 0.6 is 22.9 Å². The first-order chi connectivity index (χ1) is 13.5. The summed E-state index contributed by atoms with van der Waals surface area (Å²) in [6.45, 7) is 5.50. The maximum atomic E-state index is 12.5. The minimum atomic E-state index is -0.0953. The van der Waals surface area contributed by atoms with Crippen LogP contribution in [0.5, 0.6) is 0 Å². The minimum Gasteiger partial charge on any atom is -0.419 e. The van der Waals surface area contributed by atoms with Gasteiger partial charge in [0.2, 0.25) is 11.8 Å². The van der Waals surface area contributed by atoms with E-state index >= 15 is 0 Å². The van der Waals surface area contributed by atoms with Crippen molar-refractivity contribution in [3.05, 3.63) is 58.3 Å². The summed E-state index contributed by atoms with van der Waals surface area (Å²) in [5, 5.41) is 13.9. The third kappa shape index (κ3) is 5.64. The zero-order valence-electron chi connectivity index (χ0n) is 15.9. The molecule has 0 aliphatic heterocycles. The molecule has 0 spiro atoms. The van der Waals surface area contributed by atoms with E-state index in [1.807, 2.05) is 53.6 Å². The van der Waals surface area contributed by atoms with E-state index < -0.39 is 0 Å². The zero-order valence-corrected chi connectivity index (χ0v) is 17.5. The van der Waals surface area contributed by atoms with Gasteiger partial charge < -0.3 is 9.73 Å². The lowest BCUT2D eigenvalue weighted by molar-refractivity contribution is -0.123. The number of benzene rings is 1. The molecule has 1 aromatic carbocycles. The molecule has 2 aromatic heterocycles. The lowest BCUT2D eigenvalue weighted by Gasteiger charge is -2.21. The van der Waals surface area contributed by atoms with Gasteiger partial charge in [-0.3, -0.25) is 9.69 Å². The first-order valence-electron chi connectivity index (χ1n) is 9.18. The molecule has 0 unspecified atom stereocenters. The fourth-order valence-electron chi connectivity index (χ4n) is 2.86. The third-order valence-corrected chi connectivity index (χ3v) is 5.32. The van der Waals surface area contributed by atoms with Gasteiger partial charge in [-0.25, -0.2) is 0 Å². The number of thiophene rings is 1. The van der Waals surface area contributed by atoms with Gasteiger partial charge in [0.15, 0.2) is 0 Å². The van der Waals surface area contributed by atoms with Gasteiger partial charge in [-0.1, -0.05) is 36.7 Å². The summed E-state index contributed by atoms with van der Waals surface area (Å²) in [4.78, 5) is 15.5. The number of halogens is 1. The molecule has 0 radical (unpaired) electrons. The van der Waals surface area contributed by atoms with E-state index in [9.17, 15) is 4.79 Å². The van der Waals surface area contributed by atoms with Crippen LogP contribution in [0.3, 0.4) is 0 Å². The largest absolute Gasteiger partial charge is 0.419 e. The molecule has 3 aromatic rings. The van der Waals surface area contributed by atoms with E-state index in [1.165, 1.54) is 0 Å². The Bertz CT molecular complexity index is 880. The van der Waals surface area contributed by atoms with Crippen LogP contribution in [0.25, 0.3) is 10.8 Å². The summed E-state index contributed by atoms with van der Waals surface area (Å²) in [6.07, 6.45) is 0.923. The maximum Gasteiger partial charge on any atom is 0.257 e. The van der Waals surface area contributed by atoms with Gasteiger partial charge in [0.05, 0.1) is 24.0 Å².